The molecule has 0 radical (unpaired) electrons. The van der Waals surface area contributed by atoms with E-state index in [1.54, 1.807) is 6.92 Å². The maximum Gasteiger partial charge on any atom is 0.335 e. The second-order valence-corrected chi connectivity index (χ2v) is 4.14. The van der Waals surface area contributed by atoms with Crippen molar-refractivity contribution in [2.75, 3.05) is 18.9 Å². The van der Waals surface area contributed by atoms with Gasteiger partial charge in [-0.25, -0.2) is 9.59 Å². The lowest BCUT2D eigenvalue weighted by molar-refractivity contribution is -0.120. The van der Waals surface area contributed by atoms with Crippen molar-refractivity contribution in [3.8, 4) is 0 Å². The van der Waals surface area contributed by atoms with E-state index < -0.39 is 12.0 Å². The van der Waals surface area contributed by atoms with Crippen LogP contribution in [0.3, 0.4) is 0 Å². The van der Waals surface area contributed by atoms with Gasteiger partial charge in [-0.05, 0) is 30.7 Å². The van der Waals surface area contributed by atoms with E-state index in [9.17, 15) is 14.4 Å². The van der Waals surface area contributed by atoms with Crippen molar-refractivity contribution in [1.29, 1.82) is 0 Å². The minimum Gasteiger partial charge on any atom is -0.478 e. The molecule has 20 heavy (non-hydrogen) atoms. The topological polar surface area (TPSA) is 108 Å². The molecule has 0 aromatic heterocycles. The van der Waals surface area contributed by atoms with Crippen molar-refractivity contribution in [2.45, 2.75) is 13.3 Å². The summed E-state index contributed by atoms with van der Waals surface area (Å²) in [4.78, 5) is 33.3. The molecule has 0 fully saturated rings. The molecule has 0 aliphatic heterocycles. The van der Waals surface area contributed by atoms with Crippen LogP contribution in [-0.2, 0) is 4.79 Å². The van der Waals surface area contributed by atoms with Crippen LogP contribution in [0.4, 0.5) is 10.5 Å². The summed E-state index contributed by atoms with van der Waals surface area (Å²) in [6, 6.07) is 3.97. The zero-order valence-electron chi connectivity index (χ0n) is 11.3. The van der Waals surface area contributed by atoms with Crippen LogP contribution in [0.2, 0.25) is 0 Å². The van der Waals surface area contributed by atoms with E-state index in [0.29, 0.717) is 11.3 Å². The Morgan fingerprint density at radius 1 is 1.25 bits per heavy atom. The quantitative estimate of drug-likeness (QED) is 0.643. The second-order valence-electron chi connectivity index (χ2n) is 4.14. The lowest BCUT2D eigenvalue weighted by Crippen LogP contribution is -2.32. The minimum absolute atomic E-state index is 0.160. The average molecular weight is 279 g/mol. The smallest absolute Gasteiger partial charge is 0.335 e. The second kappa shape index (κ2) is 7.13. The van der Waals surface area contributed by atoms with E-state index in [0.717, 1.165) is 0 Å². The molecule has 3 amide bonds. The largest absolute Gasteiger partial charge is 0.478 e. The SMILES string of the molecule is CNC(=O)CCNC(=O)Nc1ccc(C(=O)O)cc1C. The average Bonchev–Trinajstić information content (AvgIpc) is 2.40. The Labute approximate surface area is 116 Å². The number of carbonyl (C=O) groups excluding carboxylic acids is 2. The van der Waals surface area contributed by atoms with Crippen LogP contribution in [0.25, 0.3) is 0 Å². The summed E-state index contributed by atoms with van der Waals surface area (Å²) < 4.78 is 0. The molecule has 0 aliphatic carbocycles. The summed E-state index contributed by atoms with van der Waals surface area (Å²) in [6.07, 6.45) is 0.195. The highest BCUT2D eigenvalue weighted by atomic mass is 16.4. The van der Waals surface area contributed by atoms with Crippen LogP contribution in [0.5, 0.6) is 0 Å². The van der Waals surface area contributed by atoms with Gasteiger partial charge in [0.2, 0.25) is 5.91 Å². The van der Waals surface area contributed by atoms with E-state index >= 15 is 0 Å². The summed E-state index contributed by atoms with van der Waals surface area (Å²) in [6.45, 7) is 1.92. The number of carbonyl (C=O) groups is 3. The van der Waals surface area contributed by atoms with Crippen LogP contribution in [0, 0.1) is 6.92 Å². The van der Waals surface area contributed by atoms with E-state index in [2.05, 4.69) is 16.0 Å². The number of urea groups is 1. The third-order valence-corrected chi connectivity index (χ3v) is 2.64. The number of hydrogen-bond donors (Lipinski definition) is 4. The van der Waals surface area contributed by atoms with Gasteiger partial charge in [0.05, 0.1) is 5.56 Å². The van der Waals surface area contributed by atoms with Gasteiger partial charge >= 0.3 is 12.0 Å². The fraction of sp³-hybridized carbons (Fsp3) is 0.308. The predicted molar refractivity (Wildman–Crippen MR) is 73.8 cm³/mol. The Hall–Kier alpha value is -2.57. The molecule has 0 saturated heterocycles. The van der Waals surface area contributed by atoms with Gasteiger partial charge in [0.25, 0.3) is 0 Å². The molecule has 1 rings (SSSR count). The Morgan fingerprint density at radius 2 is 1.95 bits per heavy atom. The van der Waals surface area contributed by atoms with Crippen molar-refractivity contribution >= 4 is 23.6 Å². The van der Waals surface area contributed by atoms with Crippen molar-refractivity contribution in [3.05, 3.63) is 29.3 Å². The van der Waals surface area contributed by atoms with E-state index in [1.165, 1.54) is 25.2 Å². The summed E-state index contributed by atoms with van der Waals surface area (Å²) in [7, 11) is 1.52. The highest BCUT2D eigenvalue weighted by Crippen LogP contribution is 2.16. The van der Waals surface area contributed by atoms with Gasteiger partial charge in [0.15, 0.2) is 0 Å². The molecule has 7 nitrogen and oxygen atoms in total. The highest BCUT2D eigenvalue weighted by Gasteiger charge is 2.08. The lowest BCUT2D eigenvalue weighted by Gasteiger charge is -2.10. The standard InChI is InChI=1S/C13H17N3O4/c1-8-7-9(12(18)19)3-4-10(8)16-13(20)15-6-5-11(17)14-2/h3-4,7H,5-6H2,1-2H3,(H,14,17)(H,18,19)(H2,15,16,20). The number of hydrogen-bond acceptors (Lipinski definition) is 3. The molecule has 0 atom stereocenters. The number of rotatable bonds is 5. The van der Waals surface area contributed by atoms with Gasteiger partial charge in [0.1, 0.15) is 0 Å². The first-order chi connectivity index (χ1) is 9.43. The Kier molecular flexibility index (Phi) is 5.52. The molecule has 7 heteroatoms. The Bertz CT molecular complexity index is 528. The first kappa shape index (κ1) is 15.5. The van der Waals surface area contributed by atoms with Crippen molar-refractivity contribution < 1.29 is 19.5 Å². The highest BCUT2D eigenvalue weighted by molar-refractivity contribution is 5.92. The number of carboxylic acids is 1. The van der Waals surface area contributed by atoms with Gasteiger partial charge in [-0.3, -0.25) is 4.79 Å². The summed E-state index contributed by atoms with van der Waals surface area (Å²) in [5, 5.41) is 16.4. The zero-order valence-corrected chi connectivity index (χ0v) is 11.3. The fourth-order valence-corrected chi connectivity index (χ4v) is 1.52. The minimum atomic E-state index is -1.02. The number of aromatic carboxylic acids is 1. The molecule has 0 spiro atoms. The molecule has 108 valence electrons. The number of aryl methyl sites for hydroxylation is 1. The maximum atomic E-state index is 11.6. The molecular weight excluding hydrogens is 262 g/mol. The third-order valence-electron chi connectivity index (χ3n) is 2.64. The molecule has 0 saturated carbocycles. The van der Waals surface area contributed by atoms with Crippen molar-refractivity contribution in [1.82, 2.24) is 10.6 Å². The van der Waals surface area contributed by atoms with Crippen LogP contribution in [0.1, 0.15) is 22.3 Å². The summed E-state index contributed by atoms with van der Waals surface area (Å²) in [5.41, 5.74) is 1.33. The molecule has 0 unspecified atom stereocenters. The van der Waals surface area contributed by atoms with Crippen molar-refractivity contribution in [2.24, 2.45) is 0 Å². The van der Waals surface area contributed by atoms with E-state index in [1.807, 2.05) is 0 Å². The van der Waals surface area contributed by atoms with Gasteiger partial charge in [-0.2, -0.15) is 0 Å². The lowest BCUT2D eigenvalue weighted by atomic mass is 10.1. The molecular formula is C13H17N3O4. The first-order valence-electron chi connectivity index (χ1n) is 6.03. The van der Waals surface area contributed by atoms with Crippen LogP contribution < -0.4 is 16.0 Å². The predicted octanol–water partition coefficient (Wildman–Crippen LogP) is 0.951. The number of benzene rings is 1. The molecule has 0 heterocycles. The zero-order chi connectivity index (χ0) is 15.1. The fourth-order valence-electron chi connectivity index (χ4n) is 1.52. The number of amides is 3. The van der Waals surface area contributed by atoms with Gasteiger partial charge in [0, 0.05) is 25.7 Å². The number of carboxylic acid groups (broad SMARTS) is 1. The monoisotopic (exact) mass is 279 g/mol. The summed E-state index contributed by atoms with van der Waals surface area (Å²) in [5.74, 6) is -1.18. The van der Waals surface area contributed by atoms with Crippen LogP contribution >= 0.6 is 0 Å². The third kappa shape index (κ3) is 4.60. The van der Waals surface area contributed by atoms with E-state index in [4.69, 9.17) is 5.11 Å². The molecule has 1 aromatic rings. The van der Waals surface area contributed by atoms with E-state index in [-0.39, 0.29) is 24.4 Å². The number of nitrogens with one attached hydrogen (secondary N) is 3. The molecule has 0 bridgehead atoms. The van der Waals surface area contributed by atoms with Gasteiger partial charge < -0.3 is 21.1 Å². The molecule has 1 aromatic carbocycles. The number of anilines is 1. The van der Waals surface area contributed by atoms with Crippen molar-refractivity contribution in [3.63, 3.8) is 0 Å². The molecule has 0 aliphatic rings. The van der Waals surface area contributed by atoms with Crippen LogP contribution in [0.15, 0.2) is 18.2 Å². The van der Waals surface area contributed by atoms with Crippen LogP contribution in [-0.4, -0.2) is 36.6 Å². The normalized spacial score (nSPS) is 9.70. The first-order valence-corrected chi connectivity index (χ1v) is 6.03. The summed E-state index contributed by atoms with van der Waals surface area (Å²) >= 11 is 0. The van der Waals surface area contributed by atoms with Gasteiger partial charge in [-0.1, -0.05) is 0 Å². The van der Waals surface area contributed by atoms with Gasteiger partial charge in [-0.15, -0.1) is 0 Å². The Balaban J connectivity index is 2.54. The maximum absolute atomic E-state index is 11.6. The Morgan fingerprint density at radius 3 is 2.50 bits per heavy atom. The molecule has 4 N–H and O–H groups in total.